The topological polar surface area (TPSA) is 51.2 Å². The molecule has 0 radical (unpaired) electrons. The summed E-state index contributed by atoms with van der Waals surface area (Å²) in [5.41, 5.74) is 0.907. The Kier molecular flexibility index (Phi) is 5.75. The zero-order valence-electron chi connectivity index (χ0n) is 11.3. The number of thiazole rings is 1. The van der Waals surface area contributed by atoms with Crippen molar-refractivity contribution in [3.05, 3.63) is 33.9 Å². The quantitative estimate of drug-likeness (QED) is 0.795. The average molecular weight is 363 g/mol. The highest BCUT2D eigenvalue weighted by Crippen LogP contribution is 2.30. The van der Waals surface area contributed by atoms with E-state index in [1.807, 2.05) is 13.2 Å². The van der Waals surface area contributed by atoms with Gasteiger partial charge in [-0.05, 0) is 31.4 Å². The molecule has 0 bridgehead atoms. The van der Waals surface area contributed by atoms with Crippen LogP contribution < -0.4 is 10.1 Å². The smallest absolute Gasteiger partial charge is 0.264 e. The molecular weight excluding hydrogens is 351 g/mol. The maximum atomic E-state index is 11.8. The number of nitrogens with one attached hydrogen (secondary N) is 1. The van der Waals surface area contributed by atoms with Crippen molar-refractivity contribution in [1.29, 1.82) is 0 Å². The lowest BCUT2D eigenvalue weighted by atomic mass is 10.3. The molecule has 2 aromatic rings. The van der Waals surface area contributed by atoms with Gasteiger partial charge in [-0.2, -0.15) is 0 Å². The third-order valence-corrected chi connectivity index (χ3v) is 5.25. The number of ether oxygens (including phenoxy) is 1. The van der Waals surface area contributed by atoms with Crippen molar-refractivity contribution >= 4 is 57.3 Å². The van der Waals surface area contributed by atoms with E-state index in [-0.39, 0.29) is 12.5 Å². The van der Waals surface area contributed by atoms with Gasteiger partial charge in [0, 0.05) is 5.02 Å². The van der Waals surface area contributed by atoms with Gasteiger partial charge in [0.05, 0.1) is 14.9 Å². The molecule has 1 heterocycles. The van der Waals surface area contributed by atoms with Crippen LogP contribution in [-0.2, 0) is 4.79 Å². The van der Waals surface area contributed by atoms with Crippen LogP contribution in [0.1, 0.15) is 5.69 Å². The zero-order valence-corrected chi connectivity index (χ0v) is 14.4. The van der Waals surface area contributed by atoms with E-state index in [0.29, 0.717) is 20.9 Å². The molecule has 1 aromatic carbocycles. The molecule has 0 unspecified atom stereocenters. The van der Waals surface area contributed by atoms with Gasteiger partial charge in [0.15, 0.2) is 11.7 Å². The third-order valence-electron chi connectivity index (χ3n) is 2.44. The normalized spacial score (nSPS) is 10.5. The lowest BCUT2D eigenvalue weighted by Crippen LogP contribution is -2.20. The van der Waals surface area contributed by atoms with Crippen molar-refractivity contribution < 1.29 is 9.53 Å². The number of hydrogen-bond acceptors (Lipinski definition) is 5. The average Bonchev–Trinajstić information content (AvgIpc) is 2.77. The van der Waals surface area contributed by atoms with Gasteiger partial charge in [-0.1, -0.05) is 34.5 Å². The minimum atomic E-state index is -0.289. The number of hydrogen-bond donors (Lipinski definition) is 1. The van der Waals surface area contributed by atoms with E-state index in [2.05, 4.69) is 10.3 Å². The van der Waals surface area contributed by atoms with E-state index in [1.165, 1.54) is 11.3 Å². The van der Waals surface area contributed by atoms with Gasteiger partial charge in [-0.3, -0.25) is 10.1 Å². The van der Waals surface area contributed by atoms with E-state index in [9.17, 15) is 4.79 Å². The Morgan fingerprint density at radius 3 is 2.86 bits per heavy atom. The van der Waals surface area contributed by atoms with Crippen LogP contribution >= 0.6 is 46.3 Å². The van der Waals surface area contributed by atoms with Crippen LogP contribution in [-0.4, -0.2) is 23.8 Å². The van der Waals surface area contributed by atoms with E-state index in [4.69, 9.17) is 27.9 Å². The predicted octanol–water partition coefficient (Wildman–Crippen LogP) is 4.50. The summed E-state index contributed by atoms with van der Waals surface area (Å²) in [7, 11) is 0. The molecule has 2 rings (SSSR count). The number of anilines is 1. The van der Waals surface area contributed by atoms with E-state index < -0.39 is 0 Å². The van der Waals surface area contributed by atoms with E-state index in [0.717, 1.165) is 9.90 Å². The molecule has 0 aliphatic rings. The number of aryl methyl sites for hydroxylation is 1. The Labute approximate surface area is 140 Å². The molecule has 21 heavy (non-hydrogen) atoms. The Morgan fingerprint density at radius 2 is 2.24 bits per heavy atom. The summed E-state index contributed by atoms with van der Waals surface area (Å²) in [6.45, 7) is 1.76. The summed E-state index contributed by atoms with van der Waals surface area (Å²) >= 11 is 14.8. The van der Waals surface area contributed by atoms with Gasteiger partial charge in [0.2, 0.25) is 0 Å². The van der Waals surface area contributed by atoms with Crippen LogP contribution in [0, 0.1) is 6.92 Å². The number of aromatic nitrogens is 1. The molecule has 1 aromatic heterocycles. The molecule has 0 aliphatic heterocycles. The van der Waals surface area contributed by atoms with Gasteiger partial charge in [0.25, 0.3) is 5.91 Å². The highest BCUT2D eigenvalue weighted by atomic mass is 35.5. The van der Waals surface area contributed by atoms with E-state index >= 15 is 0 Å². The first kappa shape index (κ1) is 16.4. The number of nitrogens with zero attached hydrogens (tertiary/aromatic N) is 1. The highest BCUT2D eigenvalue weighted by Gasteiger charge is 2.11. The molecule has 1 N–H and O–H groups in total. The summed E-state index contributed by atoms with van der Waals surface area (Å²) in [6.07, 6.45) is 1.97. The molecule has 0 fully saturated rings. The number of thioether (sulfide) groups is 1. The van der Waals surface area contributed by atoms with Gasteiger partial charge in [0.1, 0.15) is 5.75 Å². The lowest BCUT2D eigenvalue weighted by Gasteiger charge is -2.07. The van der Waals surface area contributed by atoms with Crippen LogP contribution in [0.5, 0.6) is 5.75 Å². The summed E-state index contributed by atoms with van der Waals surface area (Å²) in [6, 6.07) is 4.83. The fourth-order valence-electron chi connectivity index (χ4n) is 1.52. The Hall–Kier alpha value is -0.950. The van der Waals surface area contributed by atoms with Gasteiger partial charge < -0.3 is 4.74 Å². The molecule has 0 saturated heterocycles. The molecule has 0 saturated carbocycles. The maximum Gasteiger partial charge on any atom is 0.264 e. The molecule has 0 atom stereocenters. The van der Waals surface area contributed by atoms with Gasteiger partial charge >= 0.3 is 0 Å². The number of halogens is 2. The molecule has 1 amide bonds. The Balaban J connectivity index is 1.92. The summed E-state index contributed by atoms with van der Waals surface area (Å²) < 4.78 is 6.43. The zero-order chi connectivity index (χ0) is 15.4. The maximum absolute atomic E-state index is 11.8. The van der Waals surface area contributed by atoms with Crippen molar-refractivity contribution in [2.45, 2.75) is 11.1 Å². The largest absolute Gasteiger partial charge is 0.482 e. The lowest BCUT2D eigenvalue weighted by molar-refractivity contribution is -0.118. The molecule has 0 spiro atoms. The van der Waals surface area contributed by atoms with Gasteiger partial charge in [-0.25, -0.2) is 4.98 Å². The van der Waals surface area contributed by atoms with Crippen LogP contribution in [0.2, 0.25) is 10.0 Å². The van der Waals surface area contributed by atoms with Crippen LogP contribution in [0.4, 0.5) is 5.13 Å². The van der Waals surface area contributed by atoms with Gasteiger partial charge in [-0.15, -0.1) is 11.8 Å². The number of benzene rings is 1. The van der Waals surface area contributed by atoms with Crippen molar-refractivity contribution in [2.24, 2.45) is 0 Å². The van der Waals surface area contributed by atoms with Crippen molar-refractivity contribution in [3.8, 4) is 5.75 Å². The Morgan fingerprint density at radius 1 is 1.48 bits per heavy atom. The summed E-state index contributed by atoms with van der Waals surface area (Å²) in [4.78, 5) is 16.1. The first-order valence-corrected chi connectivity index (χ1v) is 8.68. The van der Waals surface area contributed by atoms with Crippen molar-refractivity contribution in [3.63, 3.8) is 0 Å². The SMILES string of the molecule is CSc1sc(NC(=O)COc2ccc(Cl)cc2Cl)nc1C. The molecule has 0 aliphatic carbocycles. The summed E-state index contributed by atoms with van der Waals surface area (Å²) in [5, 5.41) is 4.14. The molecule has 4 nitrogen and oxygen atoms in total. The molecule has 8 heteroatoms. The van der Waals surface area contributed by atoms with Crippen LogP contribution in [0.3, 0.4) is 0 Å². The number of amides is 1. The second kappa shape index (κ2) is 7.35. The first-order chi connectivity index (χ1) is 9.99. The van der Waals surface area contributed by atoms with Crippen molar-refractivity contribution in [2.75, 3.05) is 18.2 Å². The predicted molar refractivity (Wildman–Crippen MR) is 89.2 cm³/mol. The number of carbonyl (C=O) groups excluding carboxylic acids is 1. The minimum absolute atomic E-state index is 0.144. The fourth-order valence-corrected chi connectivity index (χ4v) is 3.61. The molecule has 112 valence electrons. The Bertz CT molecular complexity index is 662. The minimum Gasteiger partial charge on any atom is -0.482 e. The fraction of sp³-hybridized carbons (Fsp3) is 0.231. The molecular formula is C13H12Cl2N2O2S2. The standard InChI is InChI=1S/C13H12Cl2N2O2S2/c1-7-12(20-2)21-13(16-7)17-11(18)6-19-10-4-3-8(14)5-9(10)15/h3-5H,6H2,1-2H3,(H,16,17,18). The van der Waals surface area contributed by atoms with Crippen molar-refractivity contribution in [1.82, 2.24) is 4.98 Å². The van der Waals surface area contributed by atoms with Crippen LogP contribution in [0.25, 0.3) is 0 Å². The second-order valence-electron chi connectivity index (χ2n) is 4.01. The third kappa shape index (κ3) is 4.51. The first-order valence-electron chi connectivity index (χ1n) is 5.88. The second-order valence-corrected chi connectivity index (χ2v) is 6.93. The number of carbonyl (C=O) groups is 1. The van der Waals surface area contributed by atoms with Crippen LogP contribution in [0.15, 0.2) is 22.4 Å². The monoisotopic (exact) mass is 362 g/mol. The number of rotatable bonds is 5. The summed E-state index contributed by atoms with van der Waals surface area (Å²) in [5.74, 6) is 0.124. The van der Waals surface area contributed by atoms with E-state index in [1.54, 1.807) is 30.0 Å². The highest BCUT2D eigenvalue weighted by molar-refractivity contribution is 8.00.